The monoisotopic (exact) mass is 217 g/mol. The SMILES string of the molecule is C=CCC([C@H](C=C)c1ccccc1)[N+](=O)[O-]. The zero-order chi connectivity index (χ0) is 12.0. The number of nitro groups is 1. The van der Waals surface area contributed by atoms with Crippen LogP contribution < -0.4 is 0 Å². The van der Waals surface area contributed by atoms with Crippen LogP contribution in [0.15, 0.2) is 55.6 Å². The third-order valence-electron chi connectivity index (χ3n) is 2.53. The van der Waals surface area contributed by atoms with Crippen LogP contribution in [0.3, 0.4) is 0 Å². The first kappa shape index (κ1) is 12.2. The summed E-state index contributed by atoms with van der Waals surface area (Å²) in [6, 6.07) is 8.71. The van der Waals surface area contributed by atoms with Gasteiger partial charge < -0.3 is 0 Å². The normalized spacial score (nSPS) is 13.8. The van der Waals surface area contributed by atoms with Crippen molar-refractivity contribution < 1.29 is 4.92 Å². The third-order valence-corrected chi connectivity index (χ3v) is 2.53. The number of nitrogens with zero attached hydrogens (tertiary/aromatic N) is 1. The maximum absolute atomic E-state index is 11.0. The summed E-state index contributed by atoms with van der Waals surface area (Å²) in [5.41, 5.74) is 0.918. The quantitative estimate of drug-likeness (QED) is 0.417. The molecular weight excluding hydrogens is 202 g/mol. The van der Waals surface area contributed by atoms with Crippen LogP contribution in [0.1, 0.15) is 17.9 Å². The molecule has 1 unspecified atom stereocenters. The molecule has 3 nitrogen and oxygen atoms in total. The van der Waals surface area contributed by atoms with Gasteiger partial charge in [0.1, 0.15) is 0 Å². The Morgan fingerprint density at radius 1 is 1.31 bits per heavy atom. The zero-order valence-electron chi connectivity index (χ0n) is 9.08. The second kappa shape index (κ2) is 5.85. The molecule has 84 valence electrons. The predicted octanol–water partition coefficient (Wildman–Crippen LogP) is 3.18. The highest BCUT2D eigenvalue weighted by molar-refractivity contribution is 5.24. The molecule has 1 aromatic rings. The molecule has 0 saturated carbocycles. The largest absolute Gasteiger partial charge is 0.264 e. The molecule has 16 heavy (non-hydrogen) atoms. The minimum Gasteiger partial charge on any atom is -0.264 e. The smallest absolute Gasteiger partial charge is 0.226 e. The van der Waals surface area contributed by atoms with Gasteiger partial charge in [0, 0.05) is 11.3 Å². The third kappa shape index (κ3) is 2.79. The average Bonchev–Trinajstić information content (AvgIpc) is 2.30. The molecule has 1 rings (SSSR count). The summed E-state index contributed by atoms with van der Waals surface area (Å²) in [5.74, 6) is -0.269. The molecule has 2 atom stereocenters. The van der Waals surface area contributed by atoms with Crippen LogP contribution in [0.25, 0.3) is 0 Å². The van der Waals surface area contributed by atoms with Gasteiger partial charge >= 0.3 is 0 Å². The number of rotatable bonds is 6. The molecule has 0 aromatic heterocycles. The van der Waals surface area contributed by atoms with E-state index in [0.717, 1.165) is 5.56 Å². The Morgan fingerprint density at radius 3 is 2.38 bits per heavy atom. The van der Waals surface area contributed by atoms with Crippen molar-refractivity contribution in [3.8, 4) is 0 Å². The van der Waals surface area contributed by atoms with Crippen LogP contribution in [0.4, 0.5) is 0 Å². The highest BCUT2D eigenvalue weighted by Gasteiger charge is 2.28. The van der Waals surface area contributed by atoms with Gasteiger partial charge in [-0.2, -0.15) is 0 Å². The second-order valence-electron chi connectivity index (χ2n) is 3.55. The maximum atomic E-state index is 11.0. The molecule has 3 heteroatoms. The van der Waals surface area contributed by atoms with Crippen molar-refractivity contribution >= 4 is 0 Å². The van der Waals surface area contributed by atoms with Crippen LogP contribution in [0.5, 0.6) is 0 Å². The van der Waals surface area contributed by atoms with E-state index in [9.17, 15) is 10.1 Å². The molecule has 0 aliphatic rings. The lowest BCUT2D eigenvalue weighted by atomic mass is 9.90. The molecule has 0 saturated heterocycles. The number of hydrogen-bond acceptors (Lipinski definition) is 2. The first-order valence-corrected chi connectivity index (χ1v) is 5.12. The summed E-state index contributed by atoms with van der Waals surface area (Å²) >= 11 is 0. The summed E-state index contributed by atoms with van der Waals surface area (Å²) in [4.78, 5) is 10.7. The molecule has 0 aliphatic heterocycles. The van der Waals surface area contributed by atoms with Crippen molar-refractivity contribution in [2.24, 2.45) is 0 Å². The van der Waals surface area contributed by atoms with Crippen LogP contribution in [-0.4, -0.2) is 11.0 Å². The van der Waals surface area contributed by atoms with E-state index in [1.165, 1.54) is 0 Å². The van der Waals surface area contributed by atoms with Crippen LogP contribution in [-0.2, 0) is 0 Å². The highest BCUT2D eigenvalue weighted by Crippen LogP contribution is 2.24. The molecule has 1 aromatic carbocycles. The Balaban J connectivity index is 2.99. The Labute approximate surface area is 95.3 Å². The van der Waals surface area contributed by atoms with Gasteiger partial charge in [-0.3, -0.25) is 10.1 Å². The fourth-order valence-electron chi connectivity index (χ4n) is 1.73. The van der Waals surface area contributed by atoms with E-state index in [2.05, 4.69) is 13.2 Å². The lowest BCUT2D eigenvalue weighted by Gasteiger charge is -2.16. The van der Waals surface area contributed by atoms with Crippen molar-refractivity contribution in [3.05, 3.63) is 71.3 Å². The Hall–Kier alpha value is -1.90. The predicted molar refractivity (Wildman–Crippen MR) is 65.0 cm³/mol. The van der Waals surface area contributed by atoms with E-state index >= 15 is 0 Å². The number of benzene rings is 1. The van der Waals surface area contributed by atoms with E-state index in [0.29, 0.717) is 6.42 Å². The highest BCUT2D eigenvalue weighted by atomic mass is 16.6. The first-order valence-electron chi connectivity index (χ1n) is 5.12. The topological polar surface area (TPSA) is 43.1 Å². The Bertz CT molecular complexity index is 373. The van der Waals surface area contributed by atoms with Crippen molar-refractivity contribution in [1.29, 1.82) is 0 Å². The Morgan fingerprint density at radius 2 is 1.94 bits per heavy atom. The van der Waals surface area contributed by atoms with E-state index in [1.54, 1.807) is 12.2 Å². The minimum atomic E-state index is -0.683. The summed E-state index contributed by atoms with van der Waals surface area (Å²) in [7, 11) is 0. The van der Waals surface area contributed by atoms with Crippen molar-refractivity contribution in [1.82, 2.24) is 0 Å². The molecular formula is C13H15NO2. The second-order valence-corrected chi connectivity index (χ2v) is 3.55. The minimum absolute atomic E-state index is 0.263. The Kier molecular flexibility index (Phi) is 4.45. The fourth-order valence-corrected chi connectivity index (χ4v) is 1.73. The van der Waals surface area contributed by atoms with Gasteiger partial charge in [0.05, 0.1) is 5.92 Å². The molecule has 0 N–H and O–H groups in total. The van der Waals surface area contributed by atoms with Crippen molar-refractivity contribution in [2.75, 3.05) is 0 Å². The lowest BCUT2D eigenvalue weighted by Crippen LogP contribution is -2.25. The van der Waals surface area contributed by atoms with Gasteiger partial charge in [-0.25, -0.2) is 0 Å². The van der Waals surface area contributed by atoms with Gasteiger partial charge in [0.25, 0.3) is 0 Å². The summed E-state index contributed by atoms with van der Waals surface area (Å²) in [6.07, 6.45) is 3.55. The molecule has 0 fully saturated rings. The molecule has 0 spiro atoms. The van der Waals surface area contributed by atoms with E-state index in [1.807, 2.05) is 30.3 Å². The van der Waals surface area contributed by atoms with E-state index < -0.39 is 6.04 Å². The van der Waals surface area contributed by atoms with Gasteiger partial charge in [0.15, 0.2) is 0 Å². The van der Waals surface area contributed by atoms with Crippen molar-refractivity contribution in [2.45, 2.75) is 18.4 Å². The summed E-state index contributed by atoms with van der Waals surface area (Å²) in [5, 5.41) is 11.0. The van der Waals surface area contributed by atoms with Crippen LogP contribution in [0.2, 0.25) is 0 Å². The van der Waals surface area contributed by atoms with Gasteiger partial charge in [-0.15, -0.1) is 13.2 Å². The van der Waals surface area contributed by atoms with Crippen LogP contribution >= 0.6 is 0 Å². The first-order chi connectivity index (χ1) is 7.70. The van der Waals surface area contributed by atoms with E-state index in [-0.39, 0.29) is 10.8 Å². The molecule has 0 aliphatic carbocycles. The average molecular weight is 217 g/mol. The van der Waals surface area contributed by atoms with Gasteiger partial charge in [-0.05, 0) is 5.56 Å². The molecule has 0 bridgehead atoms. The standard InChI is InChI=1S/C13H15NO2/c1-3-8-13(14(15)16)12(4-2)11-9-6-5-7-10-11/h3-7,9-10,12-13H,1-2,8H2/t12-,13?/m1/s1. The van der Waals surface area contributed by atoms with Gasteiger partial charge in [0.2, 0.25) is 6.04 Å². The molecule has 0 radical (unpaired) electrons. The molecule has 0 heterocycles. The van der Waals surface area contributed by atoms with E-state index in [4.69, 9.17) is 0 Å². The molecule has 0 amide bonds. The maximum Gasteiger partial charge on any atom is 0.226 e. The zero-order valence-corrected chi connectivity index (χ0v) is 9.08. The summed E-state index contributed by atoms with van der Waals surface area (Å²) < 4.78 is 0. The fraction of sp³-hybridized carbons (Fsp3) is 0.231. The van der Waals surface area contributed by atoms with Crippen LogP contribution in [0, 0.1) is 10.1 Å². The lowest BCUT2D eigenvalue weighted by molar-refractivity contribution is -0.523. The summed E-state index contributed by atoms with van der Waals surface area (Å²) in [6.45, 7) is 7.24. The van der Waals surface area contributed by atoms with Gasteiger partial charge in [-0.1, -0.05) is 42.5 Å². The van der Waals surface area contributed by atoms with Crippen molar-refractivity contribution in [3.63, 3.8) is 0 Å². The number of hydrogen-bond donors (Lipinski definition) is 0.